The van der Waals surface area contributed by atoms with Crippen molar-refractivity contribution in [1.82, 2.24) is 9.80 Å². The molecule has 2 amide bonds. The molecule has 0 aromatic heterocycles. The maximum atomic E-state index is 14.8. The number of unbranched alkanes of at least 4 members (excludes halogenated alkanes) is 2. The first kappa shape index (κ1) is 36.2. The number of epoxide rings is 1. The largest absolute Gasteiger partial charge is 0.493 e. The van der Waals surface area contributed by atoms with Gasteiger partial charge in [-0.3, -0.25) is 9.59 Å². The Hall–Kier alpha value is -3.06. The van der Waals surface area contributed by atoms with Crippen LogP contribution in [-0.2, 0) is 27.2 Å². The highest BCUT2D eigenvalue weighted by Gasteiger charge is 2.46. The summed E-state index contributed by atoms with van der Waals surface area (Å²) in [7, 11) is 0. The molecule has 5 rings (SSSR count). The van der Waals surface area contributed by atoms with Gasteiger partial charge < -0.3 is 24.0 Å². The predicted octanol–water partition coefficient (Wildman–Crippen LogP) is 7.88. The zero-order valence-corrected chi connectivity index (χ0v) is 30.0. The molecule has 2 heterocycles. The minimum absolute atomic E-state index is 0.0930. The van der Waals surface area contributed by atoms with Crippen LogP contribution in [0.5, 0.6) is 11.5 Å². The molecule has 2 aliphatic heterocycles. The molecule has 3 aliphatic rings. The molecule has 0 bridgehead atoms. The summed E-state index contributed by atoms with van der Waals surface area (Å²) < 4.78 is 17.2. The molecule has 48 heavy (non-hydrogen) atoms. The number of amides is 2. The molecule has 2 aromatic carbocycles. The number of ether oxygens (including phenoxy) is 3. The van der Waals surface area contributed by atoms with Crippen molar-refractivity contribution in [3.63, 3.8) is 0 Å². The van der Waals surface area contributed by atoms with E-state index in [1.807, 2.05) is 46.2 Å². The predicted molar refractivity (Wildman–Crippen MR) is 191 cm³/mol. The van der Waals surface area contributed by atoms with Gasteiger partial charge in [0.25, 0.3) is 0 Å². The Morgan fingerprint density at radius 1 is 0.688 bits per heavy atom. The second kappa shape index (κ2) is 18.1. The normalized spacial score (nSPS) is 22.1. The van der Waals surface area contributed by atoms with Crippen LogP contribution in [0.3, 0.4) is 0 Å². The van der Waals surface area contributed by atoms with Gasteiger partial charge in [-0.2, -0.15) is 0 Å². The SMILES string of the molecule is CCCCC(CC)CN1C(=O)[C@H](Cc2ccc(OCC3CC3)cc2)N(CC(CC)CCCC)C(=O)[C@H]1Cc1ccc(OCC2CO2)cc1. The van der Waals surface area contributed by atoms with E-state index in [9.17, 15) is 9.59 Å². The lowest BCUT2D eigenvalue weighted by Crippen LogP contribution is -2.67. The van der Waals surface area contributed by atoms with Gasteiger partial charge in [-0.25, -0.2) is 0 Å². The third-order valence-corrected chi connectivity index (χ3v) is 10.6. The van der Waals surface area contributed by atoms with E-state index in [0.717, 1.165) is 87.2 Å². The standard InChI is InChI=1S/C41H60N2O5/c1-5-9-11-30(7-3)25-42-38(23-32-15-19-35(20-16-32)46-27-34-13-14-34)40(44)43(26-31(8-4)12-10-6-2)39(41(42)45)24-33-17-21-36(22-18-33)47-28-37-29-48-37/h15-22,30-31,34,37-39H,5-14,23-29H2,1-4H3/t30?,31?,37?,38-,39+/m0/s1. The van der Waals surface area contributed by atoms with E-state index in [4.69, 9.17) is 14.2 Å². The fourth-order valence-electron chi connectivity index (χ4n) is 6.92. The molecular weight excluding hydrogens is 600 g/mol. The molecule has 3 unspecified atom stereocenters. The van der Waals surface area contributed by atoms with Gasteiger partial charge in [0.2, 0.25) is 11.8 Å². The molecule has 1 saturated carbocycles. The average molecular weight is 661 g/mol. The second-order valence-electron chi connectivity index (χ2n) is 14.6. The molecule has 7 heteroatoms. The van der Waals surface area contributed by atoms with Crippen LogP contribution in [0.15, 0.2) is 48.5 Å². The summed E-state index contributed by atoms with van der Waals surface area (Å²) in [5.41, 5.74) is 2.11. The molecule has 0 radical (unpaired) electrons. The summed E-state index contributed by atoms with van der Waals surface area (Å²) in [6.07, 6.45) is 12.4. The van der Waals surface area contributed by atoms with E-state index in [0.29, 0.717) is 50.3 Å². The number of benzene rings is 2. The molecule has 3 fully saturated rings. The highest BCUT2D eigenvalue weighted by molar-refractivity contribution is 5.97. The lowest BCUT2D eigenvalue weighted by Gasteiger charge is -2.47. The topological polar surface area (TPSA) is 71.6 Å². The molecule has 264 valence electrons. The zero-order valence-electron chi connectivity index (χ0n) is 30.0. The van der Waals surface area contributed by atoms with Crippen LogP contribution in [0.25, 0.3) is 0 Å². The summed E-state index contributed by atoms with van der Waals surface area (Å²) in [6.45, 7) is 12.2. The third kappa shape index (κ3) is 10.5. The van der Waals surface area contributed by atoms with E-state index >= 15 is 0 Å². The van der Waals surface area contributed by atoms with Crippen molar-refractivity contribution in [3.8, 4) is 11.5 Å². The number of piperazine rings is 1. The number of hydrogen-bond donors (Lipinski definition) is 0. The van der Waals surface area contributed by atoms with Crippen molar-refractivity contribution in [2.75, 3.05) is 32.9 Å². The van der Waals surface area contributed by atoms with Crippen LogP contribution < -0.4 is 9.47 Å². The average Bonchev–Trinajstić information content (AvgIpc) is 4.05. The van der Waals surface area contributed by atoms with Crippen molar-refractivity contribution in [1.29, 1.82) is 0 Å². The molecular formula is C41H60N2O5. The number of carbonyl (C=O) groups excluding carboxylic acids is 2. The number of hydrogen-bond acceptors (Lipinski definition) is 5. The molecule has 1 aliphatic carbocycles. The summed E-state index contributed by atoms with van der Waals surface area (Å²) in [4.78, 5) is 33.6. The smallest absolute Gasteiger partial charge is 0.246 e. The first-order chi connectivity index (χ1) is 23.4. The third-order valence-electron chi connectivity index (χ3n) is 10.6. The highest BCUT2D eigenvalue weighted by atomic mass is 16.6. The van der Waals surface area contributed by atoms with Crippen LogP contribution in [0.2, 0.25) is 0 Å². The van der Waals surface area contributed by atoms with Crippen molar-refractivity contribution >= 4 is 11.8 Å². The maximum Gasteiger partial charge on any atom is 0.246 e. The van der Waals surface area contributed by atoms with Gasteiger partial charge in [-0.1, -0.05) is 90.5 Å². The van der Waals surface area contributed by atoms with Crippen molar-refractivity contribution < 1.29 is 23.8 Å². The lowest BCUT2D eigenvalue weighted by atomic mass is 9.90. The van der Waals surface area contributed by atoms with Gasteiger partial charge in [0.15, 0.2) is 0 Å². The number of carbonyl (C=O) groups is 2. The molecule has 5 atom stereocenters. The van der Waals surface area contributed by atoms with Crippen LogP contribution >= 0.6 is 0 Å². The van der Waals surface area contributed by atoms with Gasteiger partial charge >= 0.3 is 0 Å². The van der Waals surface area contributed by atoms with Gasteiger partial charge in [0.05, 0.1) is 13.2 Å². The van der Waals surface area contributed by atoms with Crippen LogP contribution in [-0.4, -0.2) is 72.7 Å². The van der Waals surface area contributed by atoms with E-state index < -0.39 is 12.1 Å². The quantitative estimate of drug-likeness (QED) is 0.120. The minimum Gasteiger partial charge on any atom is -0.493 e. The van der Waals surface area contributed by atoms with Crippen LogP contribution in [0.1, 0.15) is 103 Å². The maximum absolute atomic E-state index is 14.8. The molecule has 2 saturated heterocycles. The van der Waals surface area contributed by atoms with Crippen LogP contribution in [0.4, 0.5) is 0 Å². The van der Waals surface area contributed by atoms with Crippen molar-refractivity contribution in [3.05, 3.63) is 59.7 Å². The Morgan fingerprint density at radius 3 is 1.50 bits per heavy atom. The minimum atomic E-state index is -0.516. The number of rotatable bonds is 22. The first-order valence-corrected chi connectivity index (χ1v) is 19.1. The Balaban J connectivity index is 1.40. The summed E-state index contributed by atoms with van der Waals surface area (Å²) >= 11 is 0. The summed E-state index contributed by atoms with van der Waals surface area (Å²) in [5.74, 6) is 3.30. The Kier molecular flexibility index (Phi) is 13.6. The van der Waals surface area contributed by atoms with Crippen LogP contribution in [0, 0.1) is 17.8 Å². The fourth-order valence-corrected chi connectivity index (χ4v) is 6.92. The Labute approximate surface area is 289 Å². The summed E-state index contributed by atoms with van der Waals surface area (Å²) in [6, 6.07) is 15.2. The van der Waals surface area contributed by atoms with Gasteiger partial charge in [0, 0.05) is 25.9 Å². The highest BCUT2D eigenvalue weighted by Crippen LogP contribution is 2.31. The lowest BCUT2D eigenvalue weighted by molar-refractivity contribution is -0.163. The van der Waals surface area contributed by atoms with Gasteiger partial charge in [-0.15, -0.1) is 0 Å². The van der Waals surface area contributed by atoms with Crippen molar-refractivity contribution in [2.45, 2.75) is 123 Å². The Morgan fingerprint density at radius 2 is 1.12 bits per heavy atom. The van der Waals surface area contributed by atoms with E-state index in [-0.39, 0.29) is 17.9 Å². The number of nitrogens with zero attached hydrogens (tertiary/aromatic N) is 2. The summed E-state index contributed by atoms with van der Waals surface area (Å²) in [5, 5.41) is 0. The molecule has 2 aromatic rings. The molecule has 7 nitrogen and oxygen atoms in total. The molecule has 0 spiro atoms. The fraction of sp³-hybridized carbons (Fsp3) is 0.659. The zero-order chi connectivity index (χ0) is 33.9. The van der Waals surface area contributed by atoms with Gasteiger partial charge in [0.1, 0.15) is 36.3 Å². The monoisotopic (exact) mass is 660 g/mol. The van der Waals surface area contributed by atoms with Crippen molar-refractivity contribution in [2.24, 2.45) is 17.8 Å². The Bertz CT molecular complexity index is 1170. The second-order valence-corrected chi connectivity index (χ2v) is 14.6. The molecule has 0 N–H and O–H groups in total. The van der Waals surface area contributed by atoms with E-state index in [2.05, 4.69) is 39.8 Å². The van der Waals surface area contributed by atoms with Gasteiger partial charge in [-0.05, 0) is 78.8 Å². The van der Waals surface area contributed by atoms with E-state index in [1.165, 1.54) is 12.8 Å². The first-order valence-electron chi connectivity index (χ1n) is 19.1. The van der Waals surface area contributed by atoms with E-state index in [1.54, 1.807) is 0 Å².